The Hall–Kier alpha value is -3.36. The predicted molar refractivity (Wildman–Crippen MR) is 99.6 cm³/mol. The van der Waals surface area contributed by atoms with Gasteiger partial charge >= 0.3 is 12.2 Å². The van der Waals surface area contributed by atoms with E-state index in [1.54, 1.807) is 37.3 Å². The van der Waals surface area contributed by atoms with E-state index >= 15 is 0 Å². The van der Waals surface area contributed by atoms with Gasteiger partial charge in [0.1, 0.15) is 5.54 Å². The van der Waals surface area contributed by atoms with Crippen LogP contribution in [0.5, 0.6) is 0 Å². The summed E-state index contributed by atoms with van der Waals surface area (Å²) in [5.41, 5.74) is 1.48. The van der Waals surface area contributed by atoms with Crippen molar-refractivity contribution in [2.45, 2.75) is 31.0 Å². The van der Waals surface area contributed by atoms with Gasteiger partial charge in [-0.3, -0.25) is 15.0 Å². The molecule has 30 heavy (non-hydrogen) atoms. The second kappa shape index (κ2) is 6.86. The highest BCUT2D eigenvalue weighted by atomic mass is 19.4. The highest BCUT2D eigenvalue weighted by molar-refractivity contribution is 6.08. The zero-order chi connectivity index (χ0) is 21.7. The van der Waals surface area contributed by atoms with E-state index in [0.717, 1.165) is 12.1 Å². The Kier molecular flexibility index (Phi) is 4.56. The number of nitrogens with one attached hydrogen (secondary N) is 2. The summed E-state index contributed by atoms with van der Waals surface area (Å²) in [6, 6.07) is 12.6. The van der Waals surface area contributed by atoms with E-state index in [2.05, 4.69) is 10.7 Å². The van der Waals surface area contributed by atoms with Gasteiger partial charge in [0.25, 0.3) is 5.91 Å². The molecule has 4 rings (SSSR count). The summed E-state index contributed by atoms with van der Waals surface area (Å²) in [4.78, 5) is 37.7. The quantitative estimate of drug-likeness (QED) is 0.750. The predicted octanol–water partition coefficient (Wildman–Crippen LogP) is 3.31. The fraction of sp³-hybridized carbons (Fsp3) is 0.286. The summed E-state index contributed by atoms with van der Waals surface area (Å²) in [6.45, 7) is 1.55. The Morgan fingerprint density at radius 2 is 1.73 bits per heavy atom. The molecule has 9 heteroatoms. The van der Waals surface area contributed by atoms with Gasteiger partial charge < -0.3 is 5.32 Å². The first-order valence-corrected chi connectivity index (χ1v) is 9.31. The molecule has 1 saturated heterocycles. The Balaban J connectivity index is 1.43. The highest BCUT2D eigenvalue weighted by Gasteiger charge is 2.52. The Labute approximate surface area is 170 Å². The largest absolute Gasteiger partial charge is 0.416 e. The van der Waals surface area contributed by atoms with Gasteiger partial charge in [-0.05, 0) is 42.5 Å². The number of rotatable bonds is 4. The summed E-state index contributed by atoms with van der Waals surface area (Å²) in [7, 11) is 0. The number of benzene rings is 2. The van der Waals surface area contributed by atoms with Gasteiger partial charge in [-0.25, -0.2) is 4.79 Å². The lowest BCUT2D eigenvalue weighted by Crippen LogP contribution is -2.48. The number of amides is 4. The van der Waals surface area contributed by atoms with Gasteiger partial charge in [0.05, 0.1) is 5.56 Å². The number of imide groups is 1. The van der Waals surface area contributed by atoms with E-state index in [1.165, 1.54) is 12.1 Å². The standard InChI is InChI=1S/C21H18F3N3O3/c1-20(13-5-3-2-4-6-13)18(29)27(19(30)25-20)26-17(28)16-11-15(16)12-7-9-14(10-8-12)21(22,23)24/h2-10,15-16H,11H2,1H3,(H,25,30)(H,26,28). The number of carbonyl (C=O) groups is 3. The molecule has 6 nitrogen and oxygen atoms in total. The number of hydrogen-bond acceptors (Lipinski definition) is 3. The zero-order valence-corrected chi connectivity index (χ0v) is 15.9. The molecule has 2 aromatic rings. The molecule has 156 valence electrons. The van der Waals surface area contributed by atoms with Gasteiger partial charge in [-0.15, -0.1) is 0 Å². The van der Waals surface area contributed by atoms with Crippen molar-refractivity contribution in [2.75, 3.05) is 0 Å². The summed E-state index contributed by atoms with van der Waals surface area (Å²) in [5, 5.41) is 3.25. The van der Waals surface area contributed by atoms with Crippen LogP contribution in [0.1, 0.15) is 36.0 Å². The zero-order valence-electron chi connectivity index (χ0n) is 15.9. The molecular formula is C21H18F3N3O3. The van der Waals surface area contributed by atoms with Gasteiger partial charge in [0.15, 0.2) is 0 Å². The molecule has 4 amide bonds. The fourth-order valence-electron chi connectivity index (χ4n) is 3.67. The van der Waals surface area contributed by atoms with Gasteiger partial charge in [-0.2, -0.15) is 18.2 Å². The second-order valence-electron chi connectivity index (χ2n) is 7.61. The third-order valence-corrected chi connectivity index (χ3v) is 5.56. The van der Waals surface area contributed by atoms with Crippen LogP contribution in [0, 0.1) is 5.92 Å². The van der Waals surface area contributed by atoms with Crippen molar-refractivity contribution in [1.29, 1.82) is 0 Å². The SMILES string of the molecule is CC1(c2ccccc2)NC(=O)N(NC(=O)C2CC2c2ccc(C(F)(F)F)cc2)C1=O. The van der Waals surface area contributed by atoms with Crippen LogP contribution in [-0.4, -0.2) is 22.9 Å². The molecule has 2 aromatic carbocycles. The average Bonchev–Trinajstić information content (AvgIpc) is 3.48. The third-order valence-electron chi connectivity index (χ3n) is 5.56. The van der Waals surface area contributed by atoms with Crippen molar-refractivity contribution in [3.63, 3.8) is 0 Å². The molecular weight excluding hydrogens is 399 g/mol. The molecule has 1 aliphatic heterocycles. The highest BCUT2D eigenvalue weighted by Crippen LogP contribution is 2.48. The smallest absolute Gasteiger partial charge is 0.318 e. The van der Waals surface area contributed by atoms with Gasteiger partial charge in [-0.1, -0.05) is 42.5 Å². The first-order chi connectivity index (χ1) is 14.1. The number of alkyl halides is 3. The number of hydrogen-bond donors (Lipinski definition) is 2. The van der Waals surface area contributed by atoms with Crippen LogP contribution in [0.4, 0.5) is 18.0 Å². The van der Waals surface area contributed by atoms with E-state index in [-0.39, 0.29) is 5.92 Å². The van der Waals surface area contributed by atoms with E-state index in [1.807, 2.05) is 0 Å². The maximum atomic E-state index is 12.8. The summed E-state index contributed by atoms with van der Waals surface area (Å²) in [6.07, 6.45) is -4.00. The first-order valence-electron chi connectivity index (χ1n) is 9.31. The molecule has 2 aliphatic rings. The minimum absolute atomic E-state index is 0.256. The van der Waals surface area contributed by atoms with Crippen LogP contribution in [0.3, 0.4) is 0 Å². The molecule has 0 bridgehead atoms. The molecule has 1 saturated carbocycles. The molecule has 2 N–H and O–H groups in total. The Bertz CT molecular complexity index is 1010. The number of hydrazine groups is 1. The third kappa shape index (κ3) is 3.40. The lowest BCUT2D eigenvalue weighted by Gasteiger charge is -2.22. The maximum Gasteiger partial charge on any atom is 0.416 e. The van der Waals surface area contributed by atoms with Crippen LogP contribution in [0.2, 0.25) is 0 Å². The van der Waals surface area contributed by atoms with Crippen LogP contribution in [0.25, 0.3) is 0 Å². The second-order valence-corrected chi connectivity index (χ2v) is 7.61. The fourth-order valence-corrected chi connectivity index (χ4v) is 3.67. The summed E-state index contributed by atoms with van der Waals surface area (Å²) >= 11 is 0. The van der Waals surface area contributed by atoms with Crippen LogP contribution < -0.4 is 10.7 Å². The normalized spacial score (nSPS) is 25.8. The summed E-state index contributed by atoms with van der Waals surface area (Å²) < 4.78 is 38.1. The first kappa shape index (κ1) is 19.9. The van der Waals surface area contributed by atoms with E-state index < -0.39 is 41.0 Å². The Morgan fingerprint density at radius 1 is 1.10 bits per heavy atom. The summed E-state index contributed by atoms with van der Waals surface area (Å²) in [5.74, 6) is -1.92. The van der Waals surface area contributed by atoms with E-state index in [9.17, 15) is 27.6 Å². The molecule has 0 spiro atoms. The van der Waals surface area contributed by atoms with Gasteiger partial charge in [0, 0.05) is 5.92 Å². The van der Waals surface area contributed by atoms with Crippen molar-refractivity contribution in [3.05, 3.63) is 71.3 Å². The van der Waals surface area contributed by atoms with Crippen molar-refractivity contribution in [1.82, 2.24) is 15.8 Å². The van der Waals surface area contributed by atoms with Crippen LogP contribution in [0.15, 0.2) is 54.6 Å². The van der Waals surface area contributed by atoms with Gasteiger partial charge in [0.2, 0.25) is 5.91 Å². The van der Waals surface area contributed by atoms with E-state index in [0.29, 0.717) is 22.6 Å². The lowest BCUT2D eigenvalue weighted by atomic mass is 9.92. The molecule has 3 unspecified atom stereocenters. The number of halogens is 3. The minimum Gasteiger partial charge on any atom is -0.318 e. The van der Waals surface area contributed by atoms with Crippen molar-refractivity contribution in [2.24, 2.45) is 5.92 Å². The van der Waals surface area contributed by atoms with E-state index in [4.69, 9.17) is 0 Å². The minimum atomic E-state index is -4.42. The number of urea groups is 1. The van der Waals surface area contributed by atoms with Crippen molar-refractivity contribution < 1.29 is 27.6 Å². The Morgan fingerprint density at radius 3 is 2.33 bits per heavy atom. The lowest BCUT2D eigenvalue weighted by molar-refractivity contribution is -0.139. The molecule has 0 radical (unpaired) electrons. The molecule has 3 atom stereocenters. The molecule has 0 aromatic heterocycles. The monoisotopic (exact) mass is 417 g/mol. The maximum absolute atomic E-state index is 12.8. The average molecular weight is 417 g/mol. The van der Waals surface area contributed by atoms with Crippen molar-refractivity contribution in [3.8, 4) is 0 Å². The molecule has 1 heterocycles. The molecule has 1 aliphatic carbocycles. The number of nitrogens with zero attached hydrogens (tertiary/aromatic N) is 1. The van der Waals surface area contributed by atoms with Crippen LogP contribution >= 0.6 is 0 Å². The van der Waals surface area contributed by atoms with Crippen molar-refractivity contribution >= 4 is 17.8 Å². The van der Waals surface area contributed by atoms with Crippen LogP contribution in [-0.2, 0) is 21.3 Å². The topological polar surface area (TPSA) is 78.5 Å². The molecule has 2 fully saturated rings. The number of carbonyl (C=O) groups excluding carboxylic acids is 3.